The molecule has 130 valence electrons. The van der Waals surface area contributed by atoms with Crippen LogP contribution < -0.4 is 21.3 Å². The van der Waals surface area contributed by atoms with E-state index in [1.54, 1.807) is 24.3 Å². The first-order valence-electron chi connectivity index (χ1n) is 8.00. The van der Waals surface area contributed by atoms with E-state index in [0.29, 0.717) is 11.3 Å². The fourth-order valence-corrected chi connectivity index (χ4v) is 2.04. The number of carbonyl (C=O) groups excluding carboxylic acids is 3. The summed E-state index contributed by atoms with van der Waals surface area (Å²) >= 11 is 0. The van der Waals surface area contributed by atoms with Gasteiger partial charge in [0.25, 0.3) is 5.91 Å². The molecule has 0 saturated heterocycles. The maximum Gasteiger partial charge on any atom is 0.321 e. The molecule has 0 aromatic heterocycles. The Balaban J connectivity index is 1.88. The van der Waals surface area contributed by atoms with Crippen LogP contribution in [-0.2, 0) is 4.79 Å². The van der Waals surface area contributed by atoms with Crippen LogP contribution in [0.2, 0.25) is 0 Å². The second-order valence-corrected chi connectivity index (χ2v) is 6.90. The van der Waals surface area contributed by atoms with Crippen molar-refractivity contribution in [2.45, 2.75) is 45.2 Å². The van der Waals surface area contributed by atoms with Gasteiger partial charge in [0.1, 0.15) is 0 Å². The Morgan fingerprint density at radius 3 is 2.42 bits per heavy atom. The lowest BCUT2D eigenvalue weighted by Gasteiger charge is -2.20. The zero-order valence-electron chi connectivity index (χ0n) is 14.2. The van der Waals surface area contributed by atoms with Gasteiger partial charge in [-0.15, -0.1) is 0 Å². The van der Waals surface area contributed by atoms with Gasteiger partial charge in [0.15, 0.2) is 0 Å². The Morgan fingerprint density at radius 1 is 1.12 bits per heavy atom. The van der Waals surface area contributed by atoms with Gasteiger partial charge in [0.05, 0.1) is 12.1 Å². The summed E-state index contributed by atoms with van der Waals surface area (Å²) in [6.45, 7) is 5.36. The van der Waals surface area contributed by atoms with Crippen LogP contribution in [0.3, 0.4) is 0 Å². The van der Waals surface area contributed by atoms with Crippen molar-refractivity contribution in [3.63, 3.8) is 0 Å². The number of carbonyl (C=O) groups is 3. The summed E-state index contributed by atoms with van der Waals surface area (Å²) in [5.74, 6) is -0.638. The number of rotatable bonds is 5. The molecule has 0 unspecified atom stereocenters. The van der Waals surface area contributed by atoms with Crippen molar-refractivity contribution >= 4 is 23.5 Å². The van der Waals surface area contributed by atoms with Crippen LogP contribution in [0.15, 0.2) is 24.3 Å². The van der Waals surface area contributed by atoms with E-state index in [2.05, 4.69) is 21.3 Å². The van der Waals surface area contributed by atoms with Gasteiger partial charge in [0, 0.05) is 17.3 Å². The lowest BCUT2D eigenvalue weighted by molar-refractivity contribution is -0.118. The summed E-state index contributed by atoms with van der Waals surface area (Å²) in [4.78, 5) is 35.7. The van der Waals surface area contributed by atoms with Gasteiger partial charge in [-0.05, 0) is 45.7 Å². The Morgan fingerprint density at radius 2 is 1.79 bits per heavy atom. The van der Waals surface area contributed by atoms with Crippen LogP contribution >= 0.6 is 0 Å². The van der Waals surface area contributed by atoms with Crippen molar-refractivity contribution in [1.29, 1.82) is 0 Å². The van der Waals surface area contributed by atoms with Gasteiger partial charge in [0.2, 0.25) is 5.91 Å². The molecule has 1 aromatic carbocycles. The minimum atomic E-state index is -0.547. The number of benzene rings is 1. The standard InChI is InChI=1S/C17H24N4O3/c1-17(2,3)21-16(24)20-14(22)10-18-13-7-5-4-6-12(13)15(23)19-11-8-9-11/h4-7,11,18H,8-10H2,1-3H3,(H,19,23)(H2,20,21,22,24). The smallest absolute Gasteiger partial charge is 0.321 e. The third-order valence-corrected chi connectivity index (χ3v) is 3.27. The highest BCUT2D eigenvalue weighted by Gasteiger charge is 2.24. The fraction of sp³-hybridized carbons (Fsp3) is 0.471. The maximum absolute atomic E-state index is 12.2. The number of imide groups is 1. The van der Waals surface area contributed by atoms with Gasteiger partial charge < -0.3 is 16.0 Å². The lowest BCUT2D eigenvalue weighted by Crippen LogP contribution is -2.49. The largest absolute Gasteiger partial charge is 0.375 e. The zero-order valence-corrected chi connectivity index (χ0v) is 14.2. The predicted octanol–water partition coefficient (Wildman–Crippen LogP) is 1.61. The monoisotopic (exact) mass is 332 g/mol. The van der Waals surface area contributed by atoms with Crippen LogP contribution in [-0.4, -0.2) is 36.0 Å². The van der Waals surface area contributed by atoms with E-state index in [0.717, 1.165) is 12.8 Å². The molecule has 0 atom stereocenters. The molecule has 4 amide bonds. The third-order valence-electron chi connectivity index (χ3n) is 3.27. The van der Waals surface area contributed by atoms with Crippen LogP contribution in [0.4, 0.5) is 10.5 Å². The highest BCUT2D eigenvalue weighted by Crippen LogP contribution is 2.21. The van der Waals surface area contributed by atoms with Crippen molar-refractivity contribution in [3.05, 3.63) is 29.8 Å². The molecule has 2 rings (SSSR count). The second kappa shape index (κ2) is 7.33. The first-order chi connectivity index (χ1) is 11.2. The van der Waals surface area contributed by atoms with Gasteiger partial charge in [-0.1, -0.05) is 12.1 Å². The average Bonchev–Trinajstić information content (AvgIpc) is 3.27. The van der Waals surface area contributed by atoms with E-state index in [1.807, 2.05) is 20.8 Å². The zero-order chi connectivity index (χ0) is 17.7. The van der Waals surface area contributed by atoms with E-state index < -0.39 is 17.5 Å². The summed E-state index contributed by atoms with van der Waals surface area (Å²) in [6, 6.07) is 6.68. The number of para-hydroxylation sites is 1. The Bertz CT molecular complexity index is 633. The third kappa shape index (κ3) is 5.91. The molecule has 1 saturated carbocycles. The molecular formula is C17H24N4O3. The molecule has 0 heterocycles. The summed E-state index contributed by atoms with van der Waals surface area (Å²) in [6.07, 6.45) is 2.01. The highest BCUT2D eigenvalue weighted by atomic mass is 16.2. The Hall–Kier alpha value is -2.57. The minimum Gasteiger partial charge on any atom is -0.375 e. The van der Waals surface area contributed by atoms with Crippen molar-refractivity contribution in [2.24, 2.45) is 0 Å². The lowest BCUT2D eigenvalue weighted by atomic mass is 10.1. The molecule has 1 aliphatic rings. The fourth-order valence-electron chi connectivity index (χ4n) is 2.04. The normalized spacial score (nSPS) is 13.8. The molecule has 4 N–H and O–H groups in total. The van der Waals surface area contributed by atoms with Crippen molar-refractivity contribution < 1.29 is 14.4 Å². The predicted molar refractivity (Wildman–Crippen MR) is 91.8 cm³/mol. The molecule has 1 fully saturated rings. The first kappa shape index (κ1) is 17.8. The van der Waals surface area contributed by atoms with Crippen LogP contribution in [0.5, 0.6) is 0 Å². The number of nitrogens with one attached hydrogen (secondary N) is 4. The van der Waals surface area contributed by atoms with E-state index in [4.69, 9.17) is 0 Å². The minimum absolute atomic E-state index is 0.106. The number of urea groups is 1. The summed E-state index contributed by atoms with van der Waals surface area (Å²) < 4.78 is 0. The highest BCUT2D eigenvalue weighted by molar-refractivity contribution is 6.01. The molecule has 7 heteroatoms. The molecule has 7 nitrogen and oxygen atoms in total. The van der Waals surface area contributed by atoms with Crippen molar-refractivity contribution in [3.8, 4) is 0 Å². The molecular weight excluding hydrogens is 308 g/mol. The van der Waals surface area contributed by atoms with Gasteiger partial charge in [-0.2, -0.15) is 0 Å². The number of anilines is 1. The Labute approximate surface area is 141 Å². The topological polar surface area (TPSA) is 99.3 Å². The molecule has 1 aromatic rings. The van der Waals surface area contributed by atoms with Gasteiger partial charge in [-0.3, -0.25) is 14.9 Å². The number of hydrogen-bond donors (Lipinski definition) is 4. The summed E-state index contributed by atoms with van der Waals surface area (Å²) in [5.41, 5.74) is 0.615. The van der Waals surface area contributed by atoms with Crippen molar-refractivity contribution in [1.82, 2.24) is 16.0 Å². The number of amides is 4. The number of hydrogen-bond acceptors (Lipinski definition) is 4. The average molecular weight is 332 g/mol. The summed E-state index contributed by atoms with van der Waals surface area (Å²) in [5, 5.41) is 10.7. The molecule has 0 spiro atoms. The van der Waals surface area contributed by atoms with Gasteiger partial charge in [-0.25, -0.2) is 4.79 Å². The second-order valence-electron chi connectivity index (χ2n) is 6.90. The SMILES string of the molecule is CC(C)(C)NC(=O)NC(=O)CNc1ccccc1C(=O)NC1CC1. The quantitative estimate of drug-likeness (QED) is 0.658. The van der Waals surface area contributed by atoms with E-state index in [-0.39, 0.29) is 18.5 Å². The molecule has 0 aliphatic heterocycles. The molecule has 24 heavy (non-hydrogen) atoms. The first-order valence-corrected chi connectivity index (χ1v) is 8.00. The maximum atomic E-state index is 12.2. The Kier molecular flexibility index (Phi) is 5.43. The summed E-state index contributed by atoms with van der Waals surface area (Å²) in [7, 11) is 0. The molecule has 0 radical (unpaired) electrons. The van der Waals surface area contributed by atoms with Crippen LogP contribution in [0, 0.1) is 0 Å². The molecule has 0 bridgehead atoms. The van der Waals surface area contributed by atoms with E-state index in [9.17, 15) is 14.4 Å². The van der Waals surface area contributed by atoms with Crippen molar-refractivity contribution in [2.75, 3.05) is 11.9 Å². The van der Waals surface area contributed by atoms with Crippen LogP contribution in [0.1, 0.15) is 44.0 Å². The molecule has 1 aliphatic carbocycles. The van der Waals surface area contributed by atoms with E-state index >= 15 is 0 Å². The van der Waals surface area contributed by atoms with Gasteiger partial charge >= 0.3 is 6.03 Å². The van der Waals surface area contributed by atoms with Crippen LogP contribution in [0.25, 0.3) is 0 Å². The van der Waals surface area contributed by atoms with E-state index in [1.165, 1.54) is 0 Å².